The maximum atomic E-state index is 12.5. The van der Waals surface area contributed by atoms with Crippen molar-refractivity contribution in [1.29, 1.82) is 0 Å². The summed E-state index contributed by atoms with van der Waals surface area (Å²) in [6.07, 6.45) is 3.70. The molecule has 8 nitrogen and oxygen atoms in total. The number of carboxylic acid groups (broad SMARTS) is 1. The molecule has 136 valence electrons. The second-order valence-corrected chi connectivity index (χ2v) is 6.04. The van der Waals surface area contributed by atoms with E-state index in [1.54, 1.807) is 6.92 Å². The van der Waals surface area contributed by atoms with Crippen LogP contribution in [0.4, 0.5) is 5.69 Å². The zero-order chi connectivity index (χ0) is 18.4. The van der Waals surface area contributed by atoms with Crippen molar-refractivity contribution < 1.29 is 24.4 Å². The quantitative estimate of drug-likeness (QED) is 0.462. The first kappa shape index (κ1) is 18.7. The predicted octanol–water partition coefficient (Wildman–Crippen LogP) is 2.76. The average molecular weight is 350 g/mol. The Morgan fingerprint density at radius 1 is 1.32 bits per heavy atom. The van der Waals surface area contributed by atoms with Crippen molar-refractivity contribution in [2.45, 2.75) is 45.1 Å². The van der Waals surface area contributed by atoms with Crippen molar-refractivity contribution in [2.24, 2.45) is 5.92 Å². The van der Waals surface area contributed by atoms with Crippen LogP contribution in [0, 0.1) is 16.0 Å². The summed E-state index contributed by atoms with van der Waals surface area (Å²) in [7, 11) is 0. The molecule has 1 aliphatic carbocycles. The van der Waals surface area contributed by atoms with Gasteiger partial charge in [0.25, 0.3) is 5.91 Å². The molecule has 2 N–H and O–H groups in total. The van der Waals surface area contributed by atoms with Crippen LogP contribution < -0.4 is 10.1 Å². The van der Waals surface area contributed by atoms with Gasteiger partial charge in [-0.1, -0.05) is 19.3 Å². The van der Waals surface area contributed by atoms with E-state index in [9.17, 15) is 24.8 Å². The van der Waals surface area contributed by atoms with E-state index in [1.807, 2.05) is 0 Å². The Bertz CT molecular complexity index is 661. The summed E-state index contributed by atoms with van der Waals surface area (Å²) in [4.78, 5) is 34.5. The van der Waals surface area contributed by atoms with Gasteiger partial charge in [0.2, 0.25) is 0 Å². The molecular weight excluding hydrogens is 328 g/mol. The molecule has 1 aromatic rings. The molecule has 1 aromatic carbocycles. The third-order valence-corrected chi connectivity index (χ3v) is 4.37. The zero-order valence-corrected chi connectivity index (χ0v) is 14.1. The molecule has 0 radical (unpaired) electrons. The van der Waals surface area contributed by atoms with E-state index in [2.05, 4.69) is 5.32 Å². The first-order valence-electron chi connectivity index (χ1n) is 8.39. The Labute approximate surface area is 145 Å². The van der Waals surface area contributed by atoms with E-state index in [0.717, 1.165) is 25.3 Å². The molecule has 1 aliphatic rings. The molecule has 1 fully saturated rings. The van der Waals surface area contributed by atoms with E-state index in [0.29, 0.717) is 12.8 Å². The SMILES string of the molecule is CCOc1ccc(C(=O)N[C@H]2CCCCC[C@H]2C(=O)O)cc1[N+](=O)[O-]. The monoisotopic (exact) mass is 350 g/mol. The Balaban J connectivity index is 2.20. The normalized spacial score (nSPS) is 20.4. The van der Waals surface area contributed by atoms with E-state index in [1.165, 1.54) is 12.1 Å². The van der Waals surface area contributed by atoms with Crippen molar-refractivity contribution in [3.63, 3.8) is 0 Å². The van der Waals surface area contributed by atoms with Gasteiger partial charge in [-0.2, -0.15) is 0 Å². The molecule has 0 spiro atoms. The van der Waals surface area contributed by atoms with Gasteiger partial charge in [-0.15, -0.1) is 0 Å². The highest BCUT2D eigenvalue weighted by Gasteiger charge is 2.31. The van der Waals surface area contributed by atoms with Crippen LogP contribution in [0.5, 0.6) is 5.75 Å². The van der Waals surface area contributed by atoms with Crippen molar-refractivity contribution in [1.82, 2.24) is 5.32 Å². The number of carboxylic acids is 1. The molecule has 0 aliphatic heterocycles. The lowest BCUT2D eigenvalue weighted by Gasteiger charge is -2.22. The summed E-state index contributed by atoms with van der Waals surface area (Å²) in [5, 5.41) is 23.3. The van der Waals surface area contributed by atoms with Crippen molar-refractivity contribution in [3.8, 4) is 5.75 Å². The average Bonchev–Trinajstić information content (AvgIpc) is 2.80. The summed E-state index contributed by atoms with van der Waals surface area (Å²) in [6, 6.07) is 3.52. The first-order valence-corrected chi connectivity index (χ1v) is 8.39. The molecule has 1 saturated carbocycles. The smallest absolute Gasteiger partial charge is 0.311 e. The van der Waals surface area contributed by atoms with E-state index in [-0.39, 0.29) is 23.6 Å². The topological polar surface area (TPSA) is 119 Å². The number of carbonyl (C=O) groups is 2. The second kappa shape index (κ2) is 8.46. The number of nitrogens with one attached hydrogen (secondary N) is 1. The molecule has 0 unspecified atom stereocenters. The number of hydrogen-bond acceptors (Lipinski definition) is 5. The highest BCUT2D eigenvalue weighted by Crippen LogP contribution is 2.29. The minimum absolute atomic E-state index is 0.0990. The van der Waals surface area contributed by atoms with Crippen LogP contribution in [-0.2, 0) is 4.79 Å². The standard InChI is InChI=1S/C17H22N2O6/c1-2-25-15-9-8-11(10-14(15)19(23)24)16(20)18-13-7-5-3-4-6-12(13)17(21)22/h8-10,12-13H,2-7H2,1H3,(H,18,20)(H,21,22)/t12-,13+/m1/s1. The van der Waals surface area contributed by atoms with Crippen LogP contribution in [-0.4, -0.2) is 34.6 Å². The van der Waals surface area contributed by atoms with Crippen LogP contribution in [0.3, 0.4) is 0 Å². The number of nitro benzene ring substituents is 1. The van der Waals surface area contributed by atoms with E-state index >= 15 is 0 Å². The van der Waals surface area contributed by atoms with Gasteiger partial charge >= 0.3 is 11.7 Å². The number of hydrogen-bond donors (Lipinski definition) is 2. The van der Waals surface area contributed by atoms with Gasteiger partial charge in [0.15, 0.2) is 5.75 Å². The molecule has 2 rings (SSSR count). The fraction of sp³-hybridized carbons (Fsp3) is 0.529. The van der Waals surface area contributed by atoms with Gasteiger partial charge in [0.1, 0.15) is 0 Å². The summed E-state index contributed by atoms with van der Waals surface area (Å²) in [5.41, 5.74) is -0.173. The molecule has 8 heteroatoms. The first-order chi connectivity index (χ1) is 11.9. The lowest BCUT2D eigenvalue weighted by atomic mass is 9.94. The third kappa shape index (κ3) is 4.68. The number of rotatable bonds is 6. The van der Waals surface area contributed by atoms with E-state index in [4.69, 9.17) is 4.74 Å². The van der Waals surface area contributed by atoms with E-state index < -0.39 is 28.8 Å². The van der Waals surface area contributed by atoms with Gasteiger partial charge in [0.05, 0.1) is 17.4 Å². The minimum atomic E-state index is -0.926. The number of carbonyl (C=O) groups excluding carboxylic acids is 1. The van der Waals surface area contributed by atoms with Gasteiger partial charge in [-0.25, -0.2) is 0 Å². The van der Waals surface area contributed by atoms with Crippen LogP contribution in [0.2, 0.25) is 0 Å². The molecular formula is C17H22N2O6. The molecule has 0 bridgehead atoms. The largest absolute Gasteiger partial charge is 0.487 e. The lowest BCUT2D eigenvalue weighted by Crippen LogP contribution is -2.42. The summed E-state index contributed by atoms with van der Waals surface area (Å²) < 4.78 is 5.20. The van der Waals surface area contributed by atoms with Crippen LogP contribution in [0.1, 0.15) is 49.4 Å². The molecule has 1 amide bonds. The maximum absolute atomic E-state index is 12.5. The Hall–Kier alpha value is -2.64. The third-order valence-electron chi connectivity index (χ3n) is 4.37. The Morgan fingerprint density at radius 3 is 2.68 bits per heavy atom. The summed E-state index contributed by atoms with van der Waals surface area (Å²) in [6.45, 7) is 1.98. The molecule has 0 aromatic heterocycles. The van der Waals surface area contributed by atoms with Crippen LogP contribution >= 0.6 is 0 Å². The highest BCUT2D eigenvalue weighted by molar-refractivity contribution is 5.95. The van der Waals surface area contributed by atoms with Crippen molar-refractivity contribution in [2.75, 3.05) is 6.61 Å². The highest BCUT2D eigenvalue weighted by atomic mass is 16.6. The number of nitrogens with zero attached hydrogens (tertiary/aromatic N) is 1. The lowest BCUT2D eigenvalue weighted by molar-refractivity contribution is -0.385. The molecule has 0 saturated heterocycles. The maximum Gasteiger partial charge on any atom is 0.311 e. The number of benzene rings is 1. The summed E-state index contributed by atoms with van der Waals surface area (Å²) >= 11 is 0. The summed E-state index contributed by atoms with van der Waals surface area (Å²) in [5.74, 6) is -1.97. The van der Waals surface area contributed by atoms with Crippen LogP contribution in [0.15, 0.2) is 18.2 Å². The fourth-order valence-electron chi connectivity index (χ4n) is 3.11. The van der Waals surface area contributed by atoms with Crippen molar-refractivity contribution >= 4 is 17.6 Å². The van der Waals surface area contributed by atoms with Crippen molar-refractivity contribution in [3.05, 3.63) is 33.9 Å². The Kier molecular flexibility index (Phi) is 6.32. The van der Waals surface area contributed by atoms with Gasteiger partial charge < -0.3 is 15.2 Å². The van der Waals surface area contributed by atoms with Gasteiger partial charge in [-0.3, -0.25) is 19.7 Å². The molecule has 25 heavy (non-hydrogen) atoms. The fourth-order valence-corrected chi connectivity index (χ4v) is 3.11. The minimum Gasteiger partial charge on any atom is -0.487 e. The van der Waals surface area contributed by atoms with Crippen LogP contribution in [0.25, 0.3) is 0 Å². The number of amides is 1. The zero-order valence-electron chi connectivity index (χ0n) is 14.1. The number of nitro groups is 1. The molecule has 0 heterocycles. The molecule has 2 atom stereocenters. The number of ether oxygens (including phenoxy) is 1. The number of aliphatic carboxylic acids is 1. The Morgan fingerprint density at radius 2 is 2.04 bits per heavy atom. The predicted molar refractivity (Wildman–Crippen MR) is 89.7 cm³/mol. The van der Waals surface area contributed by atoms with Gasteiger partial charge in [0, 0.05) is 17.7 Å². The second-order valence-electron chi connectivity index (χ2n) is 6.04. The van der Waals surface area contributed by atoms with Gasteiger partial charge in [-0.05, 0) is 31.9 Å².